The van der Waals surface area contributed by atoms with Gasteiger partial charge in [-0.25, -0.2) is 9.97 Å². The number of nitrogens with zero attached hydrogens (tertiary/aromatic N) is 4. The molecular formula is C29H41N5O2S. The van der Waals surface area contributed by atoms with E-state index in [2.05, 4.69) is 73.2 Å². The molecule has 4 heterocycles. The quantitative estimate of drug-likeness (QED) is 0.399. The zero-order chi connectivity index (χ0) is 26.0. The van der Waals surface area contributed by atoms with Gasteiger partial charge in [-0.1, -0.05) is 13.0 Å². The molecule has 1 N–H and O–H groups in total. The summed E-state index contributed by atoms with van der Waals surface area (Å²) in [6.07, 6.45) is 5.84. The molecule has 1 fully saturated rings. The highest BCUT2D eigenvalue weighted by molar-refractivity contribution is 7.18. The molecule has 7 nitrogen and oxygen atoms in total. The number of nitrogens with one attached hydrogen (secondary N) is 1. The van der Waals surface area contributed by atoms with Crippen LogP contribution in [0.3, 0.4) is 0 Å². The van der Waals surface area contributed by atoms with Crippen molar-refractivity contribution < 1.29 is 9.47 Å². The molecule has 5 rings (SSSR count). The molecule has 0 spiro atoms. The number of fused-ring (bicyclic) bond motifs is 3. The number of ether oxygens (including phenoxy) is 2. The minimum absolute atomic E-state index is 0.147. The summed E-state index contributed by atoms with van der Waals surface area (Å²) in [4.78, 5) is 16.4. The fourth-order valence-corrected chi connectivity index (χ4v) is 6.49. The van der Waals surface area contributed by atoms with E-state index in [0.717, 1.165) is 74.9 Å². The van der Waals surface area contributed by atoms with E-state index in [-0.39, 0.29) is 5.60 Å². The van der Waals surface area contributed by atoms with Crippen LogP contribution in [0.1, 0.15) is 61.6 Å². The van der Waals surface area contributed by atoms with Crippen molar-refractivity contribution in [3.8, 4) is 5.75 Å². The van der Waals surface area contributed by atoms with Crippen LogP contribution in [0.2, 0.25) is 0 Å². The van der Waals surface area contributed by atoms with Crippen LogP contribution in [0, 0.1) is 0 Å². The van der Waals surface area contributed by atoms with Gasteiger partial charge in [0.25, 0.3) is 0 Å². The molecule has 0 atom stereocenters. The molecule has 8 heteroatoms. The van der Waals surface area contributed by atoms with Crippen LogP contribution in [0.15, 0.2) is 24.5 Å². The van der Waals surface area contributed by atoms with Gasteiger partial charge in [-0.05, 0) is 70.5 Å². The standard InChI is InChI=1S/C29H41N5O2S/c1-6-13-35-24-8-7-20(14-21(24)17-33(4)5)16-34-11-9-22(10-12-34)32-27-26-23-15-29(2,3)36-18-25(23)37-28(26)31-19-30-27/h7-8,14,19,22H,6,9-13,15-18H2,1-5H3,(H,30,31,32). The van der Waals surface area contributed by atoms with E-state index in [1.54, 1.807) is 17.7 Å². The molecule has 0 saturated carbocycles. The number of anilines is 1. The van der Waals surface area contributed by atoms with E-state index in [9.17, 15) is 0 Å². The number of likely N-dealkylation sites (tertiary alicyclic amines) is 1. The SMILES string of the molecule is CCCOc1ccc(CN2CCC(Nc3ncnc4sc5c(c34)CC(C)(C)OC5)CC2)cc1CN(C)C. The molecule has 0 amide bonds. The predicted molar refractivity (Wildman–Crippen MR) is 152 cm³/mol. The molecule has 1 aromatic carbocycles. The summed E-state index contributed by atoms with van der Waals surface area (Å²) < 4.78 is 12.1. The Labute approximate surface area is 225 Å². The fourth-order valence-electron chi connectivity index (χ4n) is 5.42. The maximum Gasteiger partial charge on any atom is 0.138 e. The number of piperidine rings is 1. The Morgan fingerprint density at radius 3 is 2.78 bits per heavy atom. The Morgan fingerprint density at radius 2 is 2.03 bits per heavy atom. The minimum atomic E-state index is -0.147. The van der Waals surface area contributed by atoms with Crippen LogP contribution in [-0.4, -0.2) is 65.2 Å². The second kappa shape index (κ2) is 11.2. The van der Waals surface area contributed by atoms with Gasteiger partial charge in [-0.15, -0.1) is 11.3 Å². The molecule has 0 unspecified atom stereocenters. The van der Waals surface area contributed by atoms with Crippen molar-refractivity contribution >= 4 is 27.4 Å². The number of thiophene rings is 1. The molecule has 37 heavy (non-hydrogen) atoms. The van der Waals surface area contributed by atoms with Crippen molar-refractivity contribution in [2.24, 2.45) is 0 Å². The molecule has 1 saturated heterocycles. The summed E-state index contributed by atoms with van der Waals surface area (Å²) in [5.74, 6) is 2.01. The molecule has 0 aliphatic carbocycles. The third-order valence-electron chi connectivity index (χ3n) is 7.27. The lowest BCUT2D eigenvalue weighted by Crippen LogP contribution is -2.39. The molecule has 0 bridgehead atoms. The van der Waals surface area contributed by atoms with Gasteiger partial charge in [-0.3, -0.25) is 4.90 Å². The van der Waals surface area contributed by atoms with Gasteiger partial charge in [-0.2, -0.15) is 0 Å². The zero-order valence-corrected chi connectivity index (χ0v) is 23.8. The summed E-state index contributed by atoms with van der Waals surface area (Å²) in [5.41, 5.74) is 3.86. The van der Waals surface area contributed by atoms with Gasteiger partial charge < -0.3 is 19.7 Å². The molecular weight excluding hydrogens is 482 g/mol. The van der Waals surface area contributed by atoms with Crippen LogP contribution in [0.4, 0.5) is 5.82 Å². The van der Waals surface area contributed by atoms with Crippen LogP contribution in [0.25, 0.3) is 10.2 Å². The molecule has 0 radical (unpaired) electrons. The monoisotopic (exact) mass is 523 g/mol. The first-order valence-electron chi connectivity index (χ1n) is 13.6. The number of aromatic nitrogens is 2. The smallest absolute Gasteiger partial charge is 0.138 e. The lowest BCUT2D eigenvalue weighted by atomic mass is 9.94. The highest BCUT2D eigenvalue weighted by atomic mass is 32.1. The predicted octanol–water partition coefficient (Wildman–Crippen LogP) is 5.47. The van der Waals surface area contributed by atoms with Gasteiger partial charge in [0, 0.05) is 49.1 Å². The molecule has 200 valence electrons. The van der Waals surface area contributed by atoms with E-state index >= 15 is 0 Å². The lowest BCUT2D eigenvalue weighted by Gasteiger charge is -2.33. The first kappa shape index (κ1) is 26.4. The van der Waals surface area contributed by atoms with Crippen LogP contribution in [0.5, 0.6) is 5.75 Å². The highest BCUT2D eigenvalue weighted by Gasteiger charge is 2.31. The third-order valence-corrected chi connectivity index (χ3v) is 8.39. The maximum absolute atomic E-state index is 6.05. The summed E-state index contributed by atoms with van der Waals surface area (Å²) in [6.45, 7) is 11.9. The Balaban J connectivity index is 1.23. The summed E-state index contributed by atoms with van der Waals surface area (Å²) >= 11 is 1.75. The number of hydrogen-bond donors (Lipinski definition) is 1. The topological polar surface area (TPSA) is 62.8 Å². The molecule has 3 aromatic rings. The van der Waals surface area contributed by atoms with Crippen LogP contribution >= 0.6 is 11.3 Å². The highest BCUT2D eigenvalue weighted by Crippen LogP contribution is 2.40. The molecule has 2 aliphatic rings. The van der Waals surface area contributed by atoms with E-state index in [1.807, 2.05) is 0 Å². The number of rotatable bonds is 9. The summed E-state index contributed by atoms with van der Waals surface area (Å²) in [7, 11) is 4.22. The average molecular weight is 524 g/mol. The number of benzene rings is 1. The minimum Gasteiger partial charge on any atom is -0.493 e. The molecule has 2 aliphatic heterocycles. The van der Waals surface area contributed by atoms with Crippen molar-refractivity contribution in [2.45, 2.75) is 77.8 Å². The van der Waals surface area contributed by atoms with E-state index in [4.69, 9.17) is 14.5 Å². The van der Waals surface area contributed by atoms with Gasteiger partial charge in [0.05, 0.1) is 24.2 Å². The summed E-state index contributed by atoms with van der Waals surface area (Å²) in [5, 5.41) is 5.00. The fraction of sp³-hybridized carbons (Fsp3) is 0.586. The van der Waals surface area contributed by atoms with Gasteiger partial charge >= 0.3 is 0 Å². The second-order valence-electron chi connectivity index (χ2n) is 11.4. The van der Waals surface area contributed by atoms with Crippen LogP contribution < -0.4 is 10.1 Å². The van der Waals surface area contributed by atoms with Crippen molar-refractivity contribution in [1.29, 1.82) is 0 Å². The first-order chi connectivity index (χ1) is 17.8. The summed E-state index contributed by atoms with van der Waals surface area (Å²) in [6, 6.07) is 7.15. The zero-order valence-electron chi connectivity index (χ0n) is 23.0. The van der Waals surface area contributed by atoms with E-state index < -0.39 is 0 Å². The normalized spacial score (nSPS) is 18.3. The van der Waals surface area contributed by atoms with Crippen molar-refractivity contribution in [1.82, 2.24) is 19.8 Å². The first-order valence-corrected chi connectivity index (χ1v) is 14.4. The van der Waals surface area contributed by atoms with Crippen molar-refractivity contribution in [3.63, 3.8) is 0 Å². The van der Waals surface area contributed by atoms with Gasteiger partial charge in [0.2, 0.25) is 0 Å². The van der Waals surface area contributed by atoms with Gasteiger partial charge in [0.15, 0.2) is 0 Å². The Morgan fingerprint density at radius 1 is 1.22 bits per heavy atom. The lowest BCUT2D eigenvalue weighted by molar-refractivity contribution is -0.0379. The molecule has 2 aromatic heterocycles. The Bertz CT molecular complexity index is 1220. The number of hydrogen-bond acceptors (Lipinski definition) is 8. The Hall–Kier alpha value is -2.26. The second-order valence-corrected chi connectivity index (χ2v) is 12.4. The Kier molecular flexibility index (Phi) is 8.00. The van der Waals surface area contributed by atoms with Gasteiger partial charge in [0.1, 0.15) is 22.7 Å². The largest absolute Gasteiger partial charge is 0.493 e. The van der Waals surface area contributed by atoms with E-state index in [1.165, 1.54) is 27.0 Å². The average Bonchev–Trinajstić information content (AvgIpc) is 3.22. The maximum atomic E-state index is 6.05. The van der Waals surface area contributed by atoms with Crippen molar-refractivity contribution in [2.75, 3.05) is 39.1 Å². The van der Waals surface area contributed by atoms with Crippen molar-refractivity contribution in [3.05, 3.63) is 46.1 Å². The van der Waals surface area contributed by atoms with E-state index in [0.29, 0.717) is 12.6 Å². The van der Waals surface area contributed by atoms with Crippen LogP contribution in [-0.2, 0) is 30.9 Å². The third kappa shape index (κ3) is 6.25.